The van der Waals surface area contributed by atoms with Gasteiger partial charge in [-0.1, -0.05) is 60.7 Å². The highest BCUT2D eigenvalue weighted by Gasteiger charge is 2.31. The van der Waals surface area contributed by atoms with E-state index in [0.717, 1.165) is 24.3 Å². The Balaban J connectivity index is 0.953. The molecule has 70 heavy (non-hydrogen) atoms. The van der Waals surface area contributed by atoms with Gasteiger partial charge >= 0.3 is 5.97 Å². The number of carboxylic acids is 1. The van der Waals surface area contributed by atoms with Gasteiger partial charge in [0, 0.05) is 21.7 Å². The molecule has 0 amide bonds. The van der Waals surface area contributed by atoms with E-state index in [2.05, 4.69) is 20.8 Å². The van der Waals surface area contributed by atoms with Crippen LogP contribution in [-0.2, 0) is 40.5 Å². The molecule has 0 bridgehead atoms. The lowest BCUT2D eigenvalue weighted by atomic mass is 10.0. The van der Waals surface area contributed by atoms with Crippen molar-refractivity contribution in [3.8, 4) is 5.69 Å². The van der Waals surface area contributed by atoms with Crippen molar-refractivity contribution >= 4 is 125 Å². The maximum absolute atomic E-state index is 13.0. The zero-order valence-electron chi connectivity index (χ0n) is 35.2. The first-order valence-corrected chi connectivity index (χ1v) is 25.7. The summed E-state index contributed by atoms with van der Waals surface area (Å²) < 4.78 is 141. The molecule has 0 unspecified atom stereocenters. The van der Waals surface area contributed by atoms with Crippen molar-refractivity contribution in [2.75, 3.05) is 5.43 Å². The van der Waals surface area contributed by atoms with Crippen molar-refractivity contribution in [3.63, 3.8) is 0 Å². The zero-order chi connectivity index (χ0) is 50.0. The average molecular weight is 1030 g/mol. The quantitative estimate of drug-likeness (QED) is 0.0257. The Morgan fingerprint density at radius 1 is 0.614 bits per heavy atom. The van der Waals surface area contributed by atoms with Gasteiger partial charge < -0.3 is 5.11 Å². The Hall–Kier alpha value is -8.02. The van der Waals surface area contributed by atoms with Gasteiger partial charge in [-0.05, 0) is 84.1 Å². The van der Waals surface area contributed by atoms with Crippen molar-refractivity contribution in [1.82, 2.24) is 23.9 Å². The highest BCUT2D eigenvalue weighted by atomic mass is 32.2. The van der Waals surface area contributed by atoms with Crippen LogP contribution in [0.25, 0.3) is 61.5 Å². The molecular formula is C43H30N8O15S4. The van der Waals surface area contributed by atoms with Gasteiger partial charge in [0.1, 0.15) is 36.9 Å². The first kappa shape index (κ1) is 45.7. The summed E-state index contributed by atoms with van der Waals surface area (Å²) in [6, 6.07) is 24.4. The number of rotatable bonds is 13. The van der Waals surface area contributed by atoms with Crippen molar-refractivity contribution in [1.29, 1.82) is 0 Å². The molecule has 10 rings (SSSR count). The maximum Gasteiger partial charge on any atom is 0.338 e. The largest absolute Gasteiger partial charge is 0.478 e. The zero-order valence-corrected chi connectivity index (χ0v) is 38.4. The van der Waals surface area contributed by atoms with E-state index in [1.54, 1.807) is 39.6 Å². The number of azo groups is 1. The van der Waals surface area contributed by atoms with Gasteiger partial charge in [0.2, 0.25) is 0 Å². The smallest absolute Gasteiger partial charge is 0.338 e. The fourth-order valence-corrected chi connectivity index (χ4v) is 10.8. The predicted octanol–water partition coefficient (Wildman–Crippen LogP) is 7.36. The van der Waals surface area contributed by atoms with Gasteiger partial charge in [0.15, 0.2) is 5.78 Å². The third kappa shape index (κ3) is 7.86. The summed E-state index contributed by atoms with van der Waals surface area (Å²) in [5.41, 5.74) is 3.97. The first-order chi connectivity index (χ1) is 32.9. The van der Waals surface area contributed by atoms with Crippen LogP contribution in [0.4, 0.5) is 17.1 Å². The number of aromatic carboxylic acids is 1. The fraction of sp³-hybridized carbons (Fsp3) is 0.0233. The minimum Gasteiger partial charge on any atom is -0.478 e. The van der Waals surface area contributed by atoms with Crippen LogP contribution in [0.15, 0.2) is 139 Å². The molecule has 0 aliphatic carbocycles. The molecule has 7 N–H and O–H groups in total. The molecule has 0 spiro atoms. The minimum absolute atomic E-state index is 0.0115. The SMILES string of the molecule is CC(=O)c1cc(N=Nc2ccc(C=Cc3ccc(Nn4[nH]c5cc(S(=O)(=O)O)c6ccccc6c54)cc3S(=O)(=O)O)c(S(=O)(=O)O)c2)c(C(=O)O)cc1-n1n2c3ccc4cc(S(=O)(=O)O)ccc4c3n12. The van der Waals surface area contributed by atoms with Crippen molar-refractivity contribution in [3.05, 3.63) is 131 Å². The van der Waals surface area contributed by atoms with Crippen LogP contribution in [0.1, 0.15) is 38.8 Å². The molecule has 0 atom stereocenters. The second-order valence-corrected chi connectivity index (χ2v) is 21.3. The minimum atomic E-state index is -5.03. The lowest BCUT2D eigenvalue weighted by Gasteiger charge is -2.21. The van der Waals surface area contributed by atoms with Gasteiger partial charge in [-0.25, -0.2) is 4.79 Å². The summed E-state index contributed by atoms with van der Waals surface area (Å²) in [6.07, 6.45) is 2.29. The van der Waals surface area contributed by atoms with Gasteiger partial charge in [0.25, 0.3) is 40.5 Å². The topological polar surface area (TPSA) is 343 Å². The molecule has 23 nitrogen and oxygen atoms in total. The number of carbonyl (C=O) groups is 2. The fourth-order valence-electron chi connectivity index (χ4n) is 8.18. The van der Waals surface area contributed by atoms with E-state index in [-0.39, 0.29) is 54.6 Å². The number of hydrogen-bond acceptors (Lipinski definition) is 13. The van der Waals surface area contributed by atoms with Crippen LogP contribution in [0.5, 0.6) is 0 Å². The average Bonchev–Trinajstić information content (AvgIpc) is 3.93. The molecule has 0 saturated carbocycles. The molecule has 0 saturated heterocycles. The molecule has 10 aromatic rings. The number of fused-ring (bicyclic) bond motifs is 9. The van der Waals surface area contributed by atoms with E-state index in [4.69, 9.17) is 0 Å². The third-order valence-electron chi connectivity index (χ3n) is 11.3. The summed E-state index contributed by atoms with van der Waals surface area (Å²) >= 11 is 0. The van der Waals surface area contributed by atoms with E-state index < -0.39 is 67.6 Å². The summed E-state index contributed by atoms with van der Waals surface area (Å²) in [7, 11) is -19.0. The third-order valence-corrected chi connectivity index (χ3v) is 14.9. The van der Waals surface area contributed by atoms with Crippen LogP contribution >= 0.6 is 0 Å². The Morgan fingerprint density at radius 3 is 1.91 bits per heavy atom. The number of hydrogen-bond donors (Lipinski definition) is 7. The molecule has 0 radical (unpaired) electrons. The highest BCUT2D eigenvalue weighted by Crippen LogP contribution is 2.38. The summed E-state index contributed by atoms with van der Waals surface area (Å²) in [6.45, 7) is 1.24. The second-order valence-electron chi connectivity index (χ2n) is 15.7. The number of benzene rings is 7. The lowest BCUT2D eigenvalue weighted by molar-refractivity contribution is 0.0697. The number of nitrogens with zero attached hydrogens (tertiary/aromatic N) is 6. The Labute approximate surface area is 393 Å². The van der Waals surface area contributed by atoms with E-state index in [1.165, 1.54) is 83.2 Å². The van der Waals surface area contributed by atoms with E-state index in [1.807, 2.05) is 0 Å². The number of aromatic amines is 1. The van der Waals surface area contributed by atoms with E-state index >= 15 is 0 Å². The molecule has 27 heteroatoms. The van der Waals surface area contributed by atoms with Crippen LogP contribution in [0.2, 0.25) is 0 Å². The number of nitrogens with one attached hydrogen (secondary N) is 2. The number of Topliss-reactive ketones (excluding diaryl/α,β-unsaturated/α-hetero) is 1. The molecule has 7 aromatic carbocycles. The lowest BCUT2D eigenvalue weighted by Crippen LogP contribution is -2.20. The Morgan fingerprint density at radius 2 is 1.27 bits per heavy atom. The standard InChI is InChI=1S/C43H30N8O15S4/c1-22(52)32-19-34(33(43(53)54)20-37(32)50-49-36-15-10-25-16-28(67(55,56)57)13-14-29(25)42(36)51(49)50)45-44-26-11-8-23(38(17-26)68(58,59)60)6-7-24-9-12-27(18-39(24)69(61,62)63)46-48-41-31-5-3-2-4-30(31)40(70(64,65)66)21-35(41)47-48/h2-21,46-47H,1H3,(H,53,54)(H,55,56,57)(H,58,59,60)(H,61,62,63)(H,64,65,66). The molecular weight excluding hydrogens is 997 g/mol. The number of aromatic nitrogens is 5. The van der Waals surface area contributed by atoms with Gasteiger partial charge in [-0.3, -0.25) is 33.5 Å². The summed E-state index contributed by atoms with van der Waals surface area (Å²) in [4.78, 5) is 26.5. The van der Waals surface area contributed by atoms with Crippen LogP contribution in [0, 0.1) is 0 Å². The van der Waals surface area contributed by atoms with E-state index in [9.17, 15) is 66.6 Å². The van der Waals surface area contributed by atoms with Gasteiger partial charge in [-0.2, -0.15) is 43.6 Å². The maximum atomic E-state index is 13.0. The Bertz CT molecular complexity index is 4460. The molecule has 0 aliphatic heterocycles. The van der Waals surface area contributed by atoms with Crippen LogP contribution in [0.3, 0.4) is 0 Å². The second kappa shape index (κ2) is 15.8. The van der Waals surface area contributed by atoms with Crippen molar-refractivity contribution < 1.29 is 66.6 Å². The van der Waals surface area contributed by atoms with Crippen molar-refractivity contribution in [2.24, 2.45) is 10.2 Å². The number of carbonyl (C=O) groups excluding carboxylic acids is 1. The number of carboxylic acid groups (broad SMARTS) is 1. The van der Waals surface area contributed by atoms with E-state index in [0.29, 0.717) is 38.2 Å². The normalized spacial score (nSPS) is 13.2. The molecule has 3 aromatic heterocycles. The van der Waals surface area contributed by atoms with Crippen LogP contribution in [-0.4, -0.2) is 92.7 Å². The predicted molar refractivity (Wildman–Crippen MR) is 251 cm³/mol. The summed E-state index contributed by atoms with van der Waals surface area (Å²) in [5.74, 6) is -1.96. The Kier molecular flexibility index (Phi) is 10.3. The highest BCUT2D eigenvalue weighted by molar-refractivity contribution is 7.86. The number of anilines is 1. The molecule has 0 aliphatic rings. The monoisotopic (exact) mass is 1030 g/mol. The van der Waals surface area contributed by atoms with Crippen LogP contribution < -0.4 is 5.43 Å². The van der Waals surface area contributed by atoms with Gasteiger partial charge in [0.05, 0.1) is 33.0 Å². The number of ketones is 1. The summed E-state index contributed by atoms with van der Waals surface area (Å²) in [5, 5.41) is 22.8. The van der Waals surface area contributed by atoms with Crippen molar-refractivity contribution in [2.45, 2.75) is 26.5 Å². The first-order valence-electron chi connectivity index (χ1n) is 19.9. The number of H-pyrrole nitrogens is 1. The molecule has 356 valence electrons. The molecule has 0 fully saturated rings. The van der Waals surface area contributed by atoms with Gasteiger partial charge in [-0.15, -0.1) is 19.2 Å². The molecule has 3 heterocycles.